The van der Waals surface area contributed by atoms with Crippen LogP contribution in [0.2, 0.25) is 0 Å². The fourth-order valence-corrected chi connectivity index (χ4v) is 10.4. The normalized spacial score (nSPS) is 23.0. The molecule has 4 aliphatic carbocycles. The molecule has 5 atom stereocenters. The van der Waals surface area contributed by atoms with Crippen LogP contribution in [0.4, 0.5) is 0 Å². The fraction of sp³-hybridized carbons (Fsp3) is 0.102. The van der Waals surface area contributed by atoms with Gasteiger partial charge in [-0.2, -0.15) is 0 Å². The molecule has 13 rings (SSSR count). The summed E-state index contributed by atoms with van der Waals surface area (Å²) in [4.78, 5) is 10.9. The molecule has 0 saturated heterocycles. The third-order valence-electron chi connectivity index (χ3n) is 12.9. The Morgan fingerprint density at radius 1 is 0.491 bits per heavy atom. The predicted molar refractivity (Wildman–Crippen MR) is 215 cm³/mol. The minimum Gasteiger partial charge on any atom is -0.307 e. The standard InChI is InChI=1S/C49H32N4/c1-4-12-30(13-5-1)40-28-41(31-14-6-2-7-15-31)51-48(50-40)53-43-27-38-36(29-20-23-39-45-44(38)49(39,45)25-24-29)26-37(43)35-22-21-34-33-18-10-11-19-42(33)52(46(34)47(35)53)32-16-8-3-9-17-32/h1-29,39,44-45H. The second-order valence-corrected chi connectivity index (χ2v) is 15.3. The second-order valence-electron chi connectivity index (χ2n) is 15.3. The number of allylic oxidation sites excluding steroid dienone is 4. The smallest absolute Gasteiger partial charge is 0.235 e. The van der Waals surface area contributed by atoms with E-state index in [1.54, 1.807) is 0 Å². The van der Waals surface area contributed by atoms with Crippen LogP contribution < -0.4 is 0 Å². The van der Waals surface area contributed by atoms with Gasteiger partial charge in [-0.15, -0.1) is 0 Å². The van der Waals surface area contributed by atoms with Gasteiger partial charge in [0.25, 0.3) is 0 Å². The van der Waals surface area contributed by atoms with Crippen molar-refractivity contribution in [3.8, 4) is 34.2 Å². The van der Waals surface area contributed by atoms with E-state index in [9.17, 15) is 0 Å². The van der Waals surface area contributed by atoms with Crippen LogP contribution in [-0.4, -0.2) is 19.1 Å². The van der Waals surface area contributed by atoms with E-state index in [1.807, 2.05) is 0 Å². The van der Waals surface area contributed by atoms with E-state index in [2.05, 4.69) is 179 Å². The van der Waals surface area contributed by atoms with Crippen molar-refractivity contribution in [3.63, 3.8) is 0 Å². The minimum absolute atomic E-state index is 0.297. The first-order valence-electron chi connectivity index (χ1n) is 18.8. The maximum atomic E-state index is 5.47. The Balaban J connectivity index is 1.22. The topological polar surface area (TPSA) is 35.6 Å². The second kappa shape index (κ2) is 9.87. The molecular formula is C49H32N4. The lowest BCUT2D eigenvalue weighted by atomic mass is 9.83. The highest BCUT2D eigenvalue weighted by Crippen LogP contribution is 2.90. The van der Waals surface area contributed by atoms with E-state index in [0.717, 1.165) is 39.6 Å². The van der Waals surface area contributed by atoms with Gasteiger partial charge in [-0.1, -0.05) is 133 Å². The van der Waals surface area contributed by atoms with Crippen molar-refractivity contribution in [1.82, 2.24) is 19.1 Å². The number of nitrogens with zero attached hydrogens (tertiary/aromatic N) is 4. The van der Waals surface area contributed by atoms with Gasteiger partial charge in [0.15, 0.2) is 0 Å². The molecule has 0 radical (unpaired) electrons. The van der Waals surface area contributed by atoms with E-state index < -0.39 is 0 Å². The van der Waals surface area contributed by atoms with Gasteiger partial charge in [0.05, 0.1) is 33.5 Å². The molecule has 53 heavy (non-hydrogen) atoms. The molecule has 4 aliphatic rings. The SMILES string of the molecule is C1=CC2C3C4c5cc6c(cc5C1C=CC243)c1ccc2c3ccccc3n(-c3ccccc3)c2c1n6-c1nc(-c2ccccc2)cc(-c2ccccc2)n1. The Morgan fingerprint density at radius 3 is 1.87 bits per heavy atom. The van der Waals surface area contributed by atoms with Crippen LogP contribution in [0.25, 0.3) is 77.8 Å². The molecule has 2 saturated carbocycles. The third-order valence-corrected chi connectivity index (χ3v) is 12.9. The molecule has 2 bridgehead atoms. The first-order chi connectivity index (χ1) is 26.3. The zero-order valence-electron chi connectivity index (χ0n) is 28.8. The van der Waals surface area contributed by atoms with Gasteiger partial charge in [0, 0.05) is 49.7 Å². The quantitative estimate of drug-likeness (QED) is 0.174. The van der Waals surface area contributed by atoms with Gasteiger partial charge in [-0.3, -0.25) is 4.57 Å². The predicted octanol–water partition coefficient (Wildman–Crippen LogP) is 11.6. The number of fused-ring (bicyclic) bond motifs is 13. The highest BCUT2D eigenvalue weighted by atomic mass is 15.2. The van der Waals surface area contributed by atoms with Crippen molar-refractivity contribution in [2.45, 2.75) is 11.8 Å². The Bertz CT molecular complexity index is 3020. The van der Waals surface area contributed by atoms with Crippen molar-refractivity contribution < 1.29 is 0 Å². The van der Waals surface area contributed by atoms with E-state index >= 15 is 0 Å². The van der Waals surface area contributed by atoms with Crippen LogP contribution >= 0.6 is 0 Å². The summed E-state index contributed by atoms with van der Waals surface area (Å²) < 4.78 is 4.85. The van der Waals surface area contributed by atoms with Crippen molar-refractivity contribution in [3.05, 3.63) is 181 Å². The summed E-state index contributed by atoms with van der Waals surface area (Å²) in [6, 6.07) is 52.5. The van der Waals surface area contributed by atoms with E-state index in [0.29, 0.717) is 29.1 Å². The molecule has 6 aromatic carbocycles. The molecule has 248 valence electrons. The minimum atomic E-state index is 0.297. The largest absolute Gasteiger partial charge is 0.307 e. The molecule has 9 aromatic rings. The molecule has 0 aliphatic heterocycles. The summed E-state index contributed by atoms with van der Waals surface area (Å²) in [6.07, 6.45) is 10.0. The molecule has 4 nitrogen and oxygen atoms in total. The summed E-state index contributed by atoms with van der Waals surface area (Å²) in [5.41, 5.74) is 13.0. The van der Waals surface area contributed by atoms with E-state index in [-0.39, 0.29) is 0 Å². The first kappa shape index (κ1) is 28.1. The fourth-order valence-electron chi connectivity index (χ4n) is 10.4. The van der Waals surface area contributed by atoms with Crippen LogP contribution in [-0.2, 0) is 0 Å². The number of hydrogen-bond acceptors (Lipinski definition) is 2. The van der Waals surface area contributed by atoms with E-state index in [4.69, 9.17) is 9.97 Å². The van der Waals surface area contributed by atoms with Crippen molar-refractivity contribution in [2.75, 3.05) is 0 Å². The molecule has 2 fully saturated rings. The Hall–Kier alpha value is -6.52. The maximum Gasteiger partial charge on any atom is 0.235 e. The summed E-state index contributed by atoms with van der Waals surface area (Å²) in [5, 5.41) is 4.91. The van der Waals surface area contributed by atoms with Crippen LogP contribution in [0.1, 0.15) is 23.0 Å². The highest BCUT2D eigenvalue weighted by Gasteiger charge is 2.85. The number of hydrogen-bond donors (Lipinski definition) is 0. The molecule has 4 heteroatoms. The number of rotatable bonds is 4. The molecule has 5 unspecified atom stereocenters. The van der Waals surface area contributed by atoms with Gasteiger partial charge >= 0.3 is 0 Å². The van der Waals surface area contributed by atoms with Crippen LogP contribution in [0.3, 0.4) is 0 Å². The average Bonchev–Trinajstić information content (AvgIpc) is 3.99. The molecular weight excluding hydrogens is 645 g/mol. The van der Waals surface area contributed by atoms with Crippen LogP contribution in [0, 0.1) is 17.3 Å². The molecule has 0 N–H and O–H groups in total. The summed E-state index contributed by atoms with van der Waals surface area (Å²) in [6.45, 7) is 0. The van der Waals surface area contributed by atoms with Crippen LogP contribution in [0.15, 0.2) is 170 Å². The van der Waals surface area contributed by atoms with Crippen molar-refractivity contribution in [2.24, 2.45) is 17.3 Å². The van der Waals surface area contributed by atoms with Gasteiger partial charge in [0.2, 0.25) is 5.95 Å². The first-order valence-corrected chi connectivity index (χ1v) is 18.8. The molecule has 3 aromatic heterocycles. The molecule has 3 heterocycles. The zero-order valence-corrected chi connectivity index (χ0v) is 28.8. The van der Waals surface area contributed by atoms with Crippen molar-refractivity contribution in [1.29, 1.82) is 0 Å². The Labute approximate surface area is 306 Å². The van der Waals surface area contributed by atoms with Gasteiger partial charge in [0.1, 0.15) is 0 Å². The Morgan fingerprint density at radius 2 is 1.13 bits per heavy atom. The van der Waals surface area contributed by atoms with Gasteiger partial charge in [-0.25, -0.2) is 9.97 Å². The number of aromatic nitrogens is 4. The highest BCUT2D eigenvalue weighted by molar-refractivity contribution is 6.24. The summed E-state index contributed by atoms with van der Waals surface area (Å²) >= 11 is 0. The average molecular weight is 677 g/mol. The summed E-state index contributed by atoms with van der Waals surface area (Å²) in [7, 11) is 0. The van der Waals surface area contributed by atoms with Crippen molar-refractivity contribution >= 4 is 43.6 Å². The number of benzene rings is 6. The third kappa shape index (κ3) is 3.60. The monoisotopic (exact) mass is 676 g/mol. The maximum absolute atomic E-state index is 5.47. The van der Waals surface area contributed by atoms with E-state index in [1.165, 1.54) is 49.2 Å². The Kier molecular flexibility index (Phi) is 5.24. The number of para-hydroxylation sites is 2. The lowest BCUT2D eigenvalue weighted by molar-refractivity contribution is 0.583. The van der Waals surface area contributed by atoms with Gasteiger partial charge in [-0.05, 0) is 65.3 Å². The summed E-state index contributed by atoms with van der Waals surface area (Å²) in [5.74, 6) is 2.98. The molecule has 1 spiro atoms. The van der Waals surface area contributed by atoms with Gasteiger partial charge < -0.3 is 4.57 Å². The zero-order chi connectivity index (χ0) is 34.4. The lowest BCUT2D eigenvalue weighted by Crippen LogP contribution is -2.09. The lowest BCUT2D eigenvalue weighted by Gasteiger charge is -2.21. The van der Waals surface area contributed by atoms with Crippen LogP contribution in [0.5, 0.6) is 0 Å². The molecule has 0 amide bonds.